The number of thioether (sulfide) groups is 1. The average Bonchev–Trinajstić information content (AvgIpc) is 3.06. The van der Waals surface area contributed by atoms with Crippen LogP contribution in [0.15, 0.2) is 29.2 Å². The fourth-order valence-corrected chi connectivity index (χ4v) is 5.18. The molecule has 3 rings (SSSR count). The Bertz CT molecular complexity index is 1330. The molecule has 1 aromatic heterocycles. The smallest absolute Gasteiger partial charge is 0.407 e. The molecule has 1 N–H and O–H groups in total. The fraction of sp³-hybridized carbons (Fsp3) is 0.414. The van der Waals surface area contributed by atoms with Crippen LogP contribution in [0.3, 0.4) is 0 Å². The van der Waals surface area contributed by atoms with Crippen molar-refractivity contribution in [3.63, 3.8) is 0 Å². The molecule has 1 aromatic carbocycles. The number of carbonyl (C=O) groups is 3. The molecule has 0 unspecified atom stereocenters. The molecule has 2 amide bonds. The van der Waals surface area contributed by atoms with Gasteiger partial charge in [-0.2, -0.15) is 0 Å². The van der Waals surface area contributed by atoms with Crippen molar-refractivity contribution in [2.75, 3.05) is 0 Å². The summed E-state index contributed by atoms with van der Waals surface area (Å²) in [6, 6.07) is 8.06. The van der Waals surface area contributed by atoms with Crippen molar-refractivity contribution < 1.29 is 24.0 Å². The van der Waals surface area contributed by atoms with Crippen LogP contribution >= 0.6 is 24.0 Å². The van der Waals surface area contributed by atoms with Crippen molar-refractivity contribution in [2.24, 2.45) is 5.92 Å². The van der Waals surface area contributed by atoms with Gasteiger partial charge in [-0.1, -0.05) is 55.4 Å². The van der Waals surface area contributed by atoms with Gasteiger partial charge in [-0.15, -0.1) is 5.06 Å². The molecule has 2 heterocycles. The number of pyridine rings is 1. The van der Waals surface area contributed by atoms with E-state index >= 15 is 0 Å². The van der Waals surface area contributed by atoms with Crippen LogP contribution in [0.2, 0.25) is 0 Å². The minimum absolute atomic E-state index is 0.132. The molecule has 1 aliphatic rings. The third-order valence-electron chi connectivity index (χ3n) is 5.62. The molecule has 0 saturated carbocycles. The zero-order chi connectivity index (χ0) is 29.1. The Morgan fingerprint density at radius 1 is 1.18 bits per heavy atom. The number of hydroxylamine groups is 2. The normalized spacial score (nSPS) is 14.8. The molecule has 8 nitrogen and oxygen atoms in total. The molecule has 0 aliphatic carbocycles. The minimum atomic E-state index is -0.641. The quantitative estimate of drug-likeness (QED) is 0.308. The highest BCUT2D eigenvalue weighted by atomic mass is 32.2. The number of amides is 2. The number of nitrogens with one attached hydrogen (secondary N) is 1. The van der Waals surface area contributed by atoms with Gasteiger partial charge in [-0.25, -0.2) is 9.59 Å². The monoisotopic (exact) mass is 569 g/mol. The zero-order valence-corrected chi connectivity index (χ0v) is 25.3. The number of benzene rings is 1. The van der Waals surface area contributed by atoms with Gasteiger partial charge in [0.25, 0.3) is 5.91 Å². The molecule has 1 saturated heterocycles. The number of ether oxygens (including phenoxy) is 1. The summed E-state index contributed by atoms with van der Waals surface area (Å²) in [7, 11) is 0. The highest BCUT2D eigenvalue weighted by Gasteiger charge is 2.35. The molecule has 39 heavy (non-hydrogen) atoms. The number of alkyl carbamates (subject to hydrolysis) is 1. The van der Waals surface area contributed by atoms with Gasteiger partial charge in [0.15, 0.2) is 4.32 Å². The zero-order valence-electron chi connectivity index (χ0n) is 23.6. The van der Waals surface area contributed by atoms with Gasteiger partial charge in [-0.3, -0.25) is 9.78 Å². The maximum atomic E-state index is 13.1. The Balaban J connectivity index is 2.21. The van der Waals surface area contributed by atoms with E-state index < -0.39 is 23.6 Å². The molecule has 1 aliphatic heterocycles. The maximum Gasteiger partial charge on any atom is 0.407 e. The van der Waals surface area contributed by atoms with Crippen molar-refractivity contribution in [1.82, 2.24) is 15.4 Å². The van der Waals surface area contributed by atoms with E-state index in [1.165, 1.54) is 6.92 Å². The number of hydrogen-bond donors (Lipinski definition) is 1. The topological polar surface area (TPSA) is 97.8 Å². The first-order valence-corrected chi connectivity index (χ1v) is 13.9. The molecule has 0 bridgehead atoms. The van der Waals surface area contributed by atoms with E-state index in [4.69, 9.17) is 26.8 Å². The van der Waals surface area contributed by atoms with E-state index in [1.54, 1.807) is 6.08 Å². The molecule has 0 atom stereocenters. The number of thiocarbonyl (C=S) groups is 1. The third kappa shape index (κ3) is 7.89. The van der Waals surface area contributed by atoms with Crippen LogP contribution in [0, 0.1) is 19.8 Å². The summed E-state index contributed by atoms with van der Waals surface area (Å²) < 4.78 is 5.61. The lowest BCUT2D eigenvalue weighted by molar-refractivity contribution is -0.176. The molecule has 1 fully saturated rings. The van der Waals surface area contributed by atoms with Crippen molar-refractivity contribution in [1.29, 1.82) is 0 Å². The van der Waals surface area contributed by atoms with Gasteiger partial charge >= 0.3 is 12.1 Å². The molecular formula is C29H35N3O5S2. The summed E-state index contributed by atoms with van der Waals surface area (Å²) in [5.74, 6) is -0.845. The number of hydrogen-bond acceptors (Lipinski definition) is 8. The Kier molecular flexibility index (Phi) is 9.55. The summed E-state index contributed by atoms with van der Waals surface area (Å²) in [5, 5.41) is 3.73. The van der Waals surface area contributed by atoms with Gasteiger partial charge in [-0.05, 0) is 76.4 Å². The number of nitrogens with zero attached hydrogens (tertiary/aromatic N) is 2. The second-order valence-corrected chi connectivity index (χ2v) is 12.5. The second-order valence-electron chi connectivity index (χ2n) is 10.8. The van der Waals surface area contributed by atoms with Crippen LogP contribution in [-0.2, 0) is 32.1 Å². The molecular weight excluding hydrogens is 534 g/mol. The highest BCUT2D eigenvalue weighted by molar-refractivity contribution is 8.26. The number of aryl methyl sites for hydroxylation is 2. The largest absolute Gasteiger partial charge is 0.444 e. The van der Waals surface area contributed by atoms with E-state index in [9.17, 15) is 14.4 Å². The van der Waals surface area contributed by atoms with Crippen LogP contribution in [0.5, 0.6) is 0 Å². The van der Waals surface area contributed by atoms with Crippen LogP contribution in [0.25, 0.3) is 17.2 Å². The van der Waals surface area contributed by atoms with Gasteiger partial charge < -0.3 is 14.9 Å². The summed E-state index contributed by atoms with van der Waals surface area (Å²) in [5.41, 5.74) is 5.37. The van der Waals surface area contributed by atoms with Crippen LogP contribution < -0.4 is 5.32 Å². The molecule has 208 valence electrons. The molecule has 2 aromatic rings. The van der Waals surface area contributed by atoms with Crippen LogP contribution in [0.1, 0.15) is 69.6 Å². The standard InChI is InChI=1S/C29H35N3O5S2/c1-16(2)13-23-22(15-30-27(35)36-29(6,7)8)25(20-11-9-17(3)10-12-20)21(18(4)31-23)14-24-26(34)32(28(38)39-24)37-19(5)33/h9-12,14,16H,13,15H2,1-8H3,(H,30,35). The second kappa shape index (κ2) is 12.3. The Labute approximate surface area is 239 Å². The predicted octanol–water partition coefficient (Wildman–Crippen LogP) is 6.27. The van der Waals surface area contributed by atoms with Crippen molar-refractivity contribution >= 4 is 52.3 Å². The highest BCUT2D eigenvalue weighted by Crippen LogP contribution is 2.38. The van der Waals surface area contributed by atoms with Crippen molar-refractivity contribution in [3.8, 4) is 11.1 Å². The SMILES string of the molecule is CC(=O)ON1C(=O)C(=Cc2c(C)nc(CC(C)C)c(CNC(=O)OC(C)(C)C)c2-c2ccc(C)cc2)SC1=S. The number of rotatable bonds is 7. The van der Waals surface area contributed by atoms with Gasteiger partial charge in [0.05, 0.1) is 4.91 Å². The fourth-order valence-electron chi connectivity index (χ4n) is 4.06. The van der Waals surface area contributed by atoms with Crippen molar-refractivity contribution in [2.45, 2.75) is 74.0 Å². The van der Waals surface area contributed by atoms with Crippen LogP contribution in [-0.4, -0.2) is 37.9 Å². The summed E-state index contributed by atoms with van der Waals surface area (Å²) >= 11 is 6.34. The van der Waals surface area contributed by atoms with Crippen LogP contribution in [0.4, 0.5) is 4.79 Å². The van der Waals surface area contributed by atoms with E-state index in [1.807, 2.05) is 58.9 Å². The first kappa shape index (κ1) is 30.3. The molecule has 0 spiro atoms. The van der Waals surface area contributed by atoms with Gasteiger partial charge in [0, 0.05) is 36.0 Å². The van der Waals surface area contributed by atoms with Gasteiger partial charge in [0.1, 0.15) is 5.60 Å². The van der Waals surface area contributed by atoms with E-state index in [2.05, 4.69) is 19.2 Å². The van der Waals surface area contributed by atoms with E-state index in [0.717, 1.165) is 56.0 Å². The lowest BCUT2D eigenvalue weighted by atomic mass is 9.89. The number of carbonyl (C=O) groups excluding carboxylic acids is 3. The first-order valence-electron chi connectivity index (χ1n) is 12.7. The summed E-state index contributed by atoms with van der Waals surface area (Å²) in [6.07, 6.45) is 1.90. The molecule has 0 radical (unpaired) electrons. The average molecular weight is 570 g/mol. The molecule has 10 heteroatoms. The lowest BCUT2D eigenvalue weighted by Gasteiger charge is -2.23. The Hall–Kier alpha value is -3.24. The predicted molar refractivity (Wildman–Crippen MR) is 158 cm³/mol. The minimum Gasteiger partial charge on any atom is -0.444 e. The lowest BCUT2D eigenvalue weighted by Crippen LogP contribution is -2.32. The maximum absolute atomic E-state index is 13.1. The summed E-state index contributed by atoms with van der Waals surface area (Å²) in [4.78, 5) is 47.5. The van der Waals surface area contributed by atoms with Crippen molar-refractivity contribution in [3.05, 3.63) is 57.2 Å². The third-order valence-corrected chi connectivity index (χ3v) is 6.88. The van der Waals surface area contributed by atoms with Gasteiger partial charge in [0.2, 0.25) is 0 Å². The Morgan fingerprint density at radius 2 is 1.82 bits per heavy atom. The van der Waals surface area contributed by atoms with E-state index in [0.29, 0.717) is 17.2 Å². The van der Waals surface area contributed by atoms with E-state index in [-0.39, 0.29) is 10.9 Å². The Morgan fingerprint density at radius 3 is 2.38 bits per heavy atom. The first-order chi connectivity index (χ1) is 18.2. The number of aromatic nitrogens is 1. The summed E-state index contributed by atoms with van der Waals surface area (Å²) in [6.45, 7) is 15.0.